The Kier molecular flexibility index (Phi) is 4.52. The van der Waals surface area contributed by atoms with E-state index in [9.17, 15) is 4.79 Å². The molecule has 2 aromatic rings. The van der Waals surface area contributed by atoms with Crippen molar-refractivity contribution >= 4 is 0 Å². The lowest BCUT2D eigenvalue weighted by Crippen LogP contribution is -2.37. The van der Waals surface area contributed by atoms with Gasteiger partial charge < -0.3 is 0 Å². The molecule has 5 rings (SSSR count). The minimum Gasteiger partial charge on any atom is -0.293 e. The van der Waals surface area contributed by atoms with Crippen molar-refractivity contribution in [1.29, 1.82) is 0 Å². The Morgan fingerprint density at radius 3 is 2.89 bits per heavy atom. The molecule has 1 unspecified atom stereocenters. The van der Waals surface area contributed by atoms with E-state index >= 15 is 0 Å². The van der Waals surface area contributed by atoms with Gasteiger partial charge in [0.25, 0.3) is 5.56 Å². The van der Waals surface area contributed by atoms with Gasteiger partial charge in [-0.25, -0.2) is 14.6 Å². The number of aryl methyl sites for hydroxylation is 2. The van der Waals surface area contributed by atoms with Crippen LogP contribution in [0.15, 0.2) is 23.1 Å². The molecular weight excluding hydrogens is 338 g/mol. The first kappa shape index (κ1) is 17.0. The third kappa shape index (κ3) is 3.43. The SMILES string of the molecule is O=c1cc2c(nn1CC1CCCN1Cc1ccnc(C3CCC3)n1)CCC2. The standard InChI is InChI=1S/C21H27N5O/c27-20-12-16-6-2-8-19(16)24-26(20)14-18-7-3-11-25(18)13-17-9-10-22-21(23-17)15-4-1-5-15/h9-10,12,15,18H,1-8,11,13-14H2. The van der Waals surface area contributed by atoms with Crippen molar-refractivity contribution in [3.8, 4) is 0 Å². The number of hydrogen-bond acceptors (Lipinski definition) is 5. The van der Waals surface area contributed by atoms with Gasteiger partial charge in [0.05, 0.1) is 17.9 Å². The van der Waals surface area contributed by atoms with Crippen LogP contribution in [0.3, 0.4) is 0 Å². The van der Waals surface area contributed by atoms with Gasteiger partial charge in [0.2, 0.25) is 0 Å². The van der Waals surface area contributed by atoms with E-state index in [0.717, 1.165) is 61.5 Å². The van der Waals surface area contributed by atoms with Crippen LogP contribution < -0.4 is 5.56 Å². The summed E-state index contributed by atoms with van der Waals surface area (Å²) in [4.78, 5) is 24.2. The first-order chi connectivity index (χ1) is 13.3. The van der Waals surface area contributed by atoms with Crippen LogP contribution in [-0.4, -0.2) is 37.2 Å². The van der Waals surface area contributed by atoms with Crippen molar-refractivity contribution < 1.29 is 0 Å². The Morgan fingerprint density at radius 2 is 2.04 bits per heavy atom. The van der Waals surface area contributed by atoms with Crippen molar-refractivity contribution in [1.82, 2.24) is 24.6 Å². The van der Waals surface area contributed by atoms with Crippen LogP contribution in [0.1, 0.15) is 67.2 Å². The van der Waals surface area contributed by atoms with Crippen molar-refractivity contribution in [2.24, 2.45) is 0 Å². The Balaban J connectivity index is 1.30. The molecule has 2 aliphatic carbocycles. The molecule has 2 fully saturated rings. The zero-order chi connectivity index (χ0) is 18.2. The van der Waals surface area contributed by atoms with E-state index < -0.39 is 0 Å². The van der Waals surface area contributed by atoms with Gasteiger partial charge >= 0.3 is 0 Å². The predicted molar refractivity (Wildman–Crippen MR) is 103 cm³/mol. The molecule has 6 nitrogen and oxygen atoms in total. The maximum absolute atomic E-state index is 12.5. The summed E-state index contributed by atoms with van der Waals surface area (Å²) in [5.74, 6) is 1.58. The van der Waals surface area contributed by atoms with E-state index in [1.54, 1.807) is 4.68 Å². The van der Waals surface area contributed by atoms with Crippen LogP contribution in [0.5, 0.6) is 0 Å². The molecule has 3 aliphatic rings. The minimum absolute atomic E-state index is 0.0526. The lowest BCUT2D eigenvalue weighted by molar-refractivity contribution is 0.213. The van der Waals surface area contributed by atoms with Crippen LogP contribution in [0.25, 0.3) is 0 Å². The van der Waals surface area contributed by atoms with E-state index in [1.165, 1.54) is 25.7 Å². The smallest absolute Gasteiger partial charge is 0.267 e. The number of rotatable bonds is 5. The van der Waals surface area contributed by atoms with E-state index in [0.29, 0.717) is 18.5 Å². The van der Waals surface area contributed by atoms with Crippen LogP contribution in [0, 0.1) is 0 Å². The van der Waals surface area contributed by atoms with Gasteiger partial charge in [-0.05, 0) is 63.1 Å². The molecule has 1 saturated carbocycles. The molecular formula is C21H27N5O. The molecule has 27 heavy (non-hydrogen) atoms. The van der Waals surface area contributed by atoms with Gasteiger partial charge in [-0.1, -0.05) is 6.42 Å². The molecule has 1 aliphatic heterocycles. The Hall–Kier alpha value is -2.08. The van der Waals surface area contributed by atoms with E-state index in [4.69, 9.17) is 4.98 Å². The van der Waals surface area contributed by atoms with Crippen molar-refractivity contribution in [3.63, 3.8) is 0 Å². The molecule has 0 N–H and O–H groups in total. The van der Waals surface area contributed by atoms with Gasteiger partial charge in [0.1, 0.15) is 5.82 Å². The highest BCUT2D eigenvalue weighted by Gasteiger charge is 2.27. The predicted octanol–water partition coefficient (Wildman–Crippen LogP) is 2.45. The van der Waals surface area contributed by atoms with Crippen molar-refractivity contribution in [2.75, 3.05) is 6.54 Å². The monoisotopic (exact) mass is 365 g/mol. The largest absolute Gasteiger partial charge is 0.293 e. The van der Waals surface area contributed by atoms with Crippen LogP contribution >= 0.6 is 0 Å². The highest BCUT2D eigenvalue weighted by atomic mass is 16.1. The highest BCUT2D eigenvalue weighted by molar-refractivity contribution is 5.22. The Labute approximate surface area is 159 Å². The van der Waals surface area contributed by atoms with Crippen molar-refractivity contribution in [3.05, 3.63) is 51.5 Å². The van der Waals surface area contributed by atoms with Gasteiger partial charge in [0.15, 0.2) is 0 Å². The Bertz CT molecular complexity index is 888. The second-order valence-electron chi connectivity index (χ2n) is 8.29. The summed E-state index contributed by atoms with van der Waals surface area (Å²) in [6.07, 6.45) is 11.1. The fourth-order valence-corrected chi connectivity index (χ4v) is 4.65. The van der Waals surface area contributed by atoms with Gasteiger partial charge in [-0.15, -0.1) is 0 Å². The summed E-state index contributed by atoms with van der Waals surface area (Å²) >= 11 is 0. The summed E-state index contributed by atoms with van der Waals surface area (Å²) in [6.45, 7) is 2.59. The first-order valence-electron chi connectivity index (χ1n) is 10.4. The maximum atomic E-state index is 12.5. The zero-order valence-electron chi connectivity index (χ0n) is 15.8. The summed E-state index contributed by atoms with van der Waals surface area (Å²) in [7, 11) is 0. The third-order valence-electron chi connectivity index (χ3n) is 6.47. The maximum Gasteiger partial charge on any atom is 0.267 e. The molecule has 1 saturated heterocycles. The minimum atomic E-state index is 0.0526. The summed E-state index contributed by atoms with van der Waals surface area (Å²) in [5, 5.41) is 4.67. The van der Waals surface area contributed by atoms with Crippen molar-refractivity contribution in [2.45, 2.75) is 76.4 Å². The average molecular weight is 365 g/mol. The number of hydrogen-bond donors (Lipinski definition) is 0. The molecule has 0 radical (unpaired) electrons. The molecule has 2 aromatic heterocycles. The molecule has 3 heterocycles. The normalized spacial score (nSPS) is 22.7. The average Bonchev–Trinajstić information content (AvgIpc) is 3.23. The van der Waals surface area contributed by atoms with Gasteiger partial charge in [0, 0.05) is 30.8 Å². The molecule has 1 atom stereocenters. The number of aromatic nitrogens is 4. The number of fused-ring (bicyclic) bond motifs is 1. The second kappa shape index (κ2) is 7.15. The highest BCUT2D eigenvalue weighted by Crippen LogP contribution is 2.34. The Morgan fingerprint density at radius 1 is 1.11 bits per heavy atom. The summed E-state index contributed by atoms with van der Waals surface area (Å²) in [6, 6.07) is 4.21. The van der Waals surface area contributed by atoms with Crippen LogP contribution in [0.2, 0.25) is 0 Å². The third-order valence-corrected chi connectivity index (χ3v) is 6.47. The van der Waals surface area contributed by atoms with Gasteiger partial charge in [-0.2, -0.15) is 5.10 Å². The molecule has 0 bridgehead atoms. The summed E-state index contributed by atoms with van der Waals surface area (Å²) in [5.41, 5.74) is 3.44. The second-order valence-corrected chi connectivity index (χ2v) is 8.29. The van der Waals surface area contributed by atoms with Gasteiger partial charge in [-0.3, -0.25) is 9.69 Å². The molecule has 6 heteroatoms. The molecule has 142 valence electrons. The lowest BCUT2D eigenvalue weighted by atomic mass is 9.85. The number of likely N-dealkylation sites (tertiary alicyclic amines) is 1. The zero-order valence-corrected chi connectivity index (χ0v) is 15.8. The van der Waals surface area contributed by atoms with E-state index in [1.807, 2.05) is 18.3 Å². The molecule has 0 aromatic carbocycles. The van der Waals surface area contributed by atoms with E-state index in [-0.39, 0.29) is 5.56 Å². The summed E-state index contributed by atoms with van der Waals surface area (Å²) < 4.78 is 1.70. The van der Waals surface area contributed by atoms with Crippen LogP contribution in [-0.2, 0) is 25.9 Å². The fourth-order valence-electron chi connectivity index (χ4n) is 4.65. The van der Waals surface area contributed by atoms with Crippen LogP contribution in [0.4, 0.5) is 0 Å². The quantitative estimate of drug-likeness (QED) is 0.814. The number of nitrogens with zero attached hydrogens (tertiary/aromatic N) is 5. The molecule has 0 amide bonds. The molecule has 0 spiro atoms. The fraction of sp³-hybridized carbons (Fsp3) is 0.619. The van der Waals surface area contributed by atoms with E-state index in [2.05, 4.69) is 15.0 Å². The first-order valence-corrected chi connectivity index (χ1v) is 10.4. The topological polar surface area (TPSA) is 63.9 Å². The lowest BCUT2D eigenvalue weighted by Gasteiger charge is -2.26.